The number of halogens is 1. The molecule has 0 saturated carbocycles. The highest BCUT2D eigenvalue weighted by Gasteiger charge is 2.43. The quantitative estimate of drug-likeness (QED) is 0.336. The number of fused-ring (bicyclic) bond motifs is 1. The molecule has 0 aliphatic carbocycles. The Labute approximate surface area is 183 Å². The summed E-state index contributed by atoms with van der Waals surface area (Å²) in [6, 6.07) is 10.6. The second-order valence-electron chi connectivity index (χ2n) is 7.59. The first-order chi connectivity index (χ1) is 15.0. The van der Waals surface area contributed by atoms with Crippen molar-refractivity contribution in [1.82, 2.24) is 10.0 Å². The predicted molar refractivity (Wildman–Crippen MR) is 118 cm³/mol. The molecule has 166 valence electrons. The number of carbonyl (C=O) groups is 1. The second-order valence-corrected chi connectivity index (χ2v) is 10.0. The summed E-state index contributed by atoms with van der Waals surface area (Å²) in [7, 11) is -3.89. The van der Waals surface area contributed by atoms with E-state index in [-0.39, 0.29) is 18.7 Å². The van der Waals surface area contributed by atoms with Gasteiger partial charge in [0.05, 0.1) is 6.57 Å². The number of pyridine rings is 1. The average Bonchev–Trinajstić information content (AvgIpc) is 2.76. The average molecular weight is 457 g/mol. The first-order valence-corrected chi connectivity index (χ1v) is 11.4. The Kier molecular flexibility index (Phi) is 6.16. The van der Waals surface area contributed by atoms with Crippen LogP contribution in [0, 0.1) is 12.4 Å². The monoisotopic (exact) mass is 457 g/mol. The minimum atomic E-state index is -3.89. The van der Waals surface area contributed by atoms with Gasteiger partial charge in [0.25, 0.3) is 11.5 Å². The smallest absolute Gasteiger partial charge is 0.264 e. The number of nitrogens with one attached hydrogen (secondary N) is 1. The third-order valence-electron chi connectivity index (χ3n) is 5.60. The standard InChI is InChI=1S/C22H20FN3O5S/c1-22(21(28)25-29,32(3,30)31)9-11-26-10-8-15-12-14(4-6-18(15)20(26)27)17-7-5-16(24-2)13-19(17)23/h4-8,10,12-13,29H,9,11H2,1,3H3,(H,25,28)/t22-/m1/s1. The molecule has 3 rings (SSSR count). The van der Waals surface area contributed by atoms with Gasteiger partial charge in [-0.25, -0.2) is 23.1 Å². The molecule has 0 unspecified atom stereocenters. The van der Waals surface area contributed by atoms with Gasteiger partial charge in [-0.2, -0.15) is 0 Å². The number of benzene rings is 2. The summed E-state index contributed by atoms with van der Waals surface area (Å²) in [4.78, 5) is 28.0. The lowest BCUT2D eigenvalue weighted by Crippen LogP contribution is -2.49. The fraction of sp³-hybridized carbons (Fsp3) is 0.227. The molecule has 0 saturated heterocycles. The van der Waals surface area contributed by atoms with Crippen LogP contribution in [-0.2, 0) is 21.2 Å². The van der Waals surface area contributed by atoms with Crippen molar-refractivity contribution in [2.24, 2.45) is 0 Å². The van der Waals surface area contributed by atoms with Gasteiger partial charge in [0, 0.05) is 29.9 Å². The number of aryl methyl sites for hydroxylation is 1. The van der Waals surface area contributed by atoms with Crippen LogP contribution in [0.15, 0.2) is 53.5 Å². The Morgan fingerprint density at radius 1 is 1.25 bits per heavy atom. The summed E-state index contributed by atoms with van der Waals surface area (Å²) in [5, 5.41) is 9.81. The van der Waals surface area contributed by atoms with E-state index in [1.165, 1.54) is 35.3 Å². The van der Waals surface area contributed by atoms with Crippen LogP contribution in [0.2, 0.25) is 0 Å². The summed E-state index contributed by atoms with van der Waals surface area (Å²) in [6.45, 7) is 8.06. The van der Waals surface area contributed by atoms with E-state index >= 15 is 0 Å². The molecule has 2 aromatic carbocycles. The molecule has 1 heterocycles. The van der Waals surface area contributed by atoms with Gasteiger partial charge < -0.3 is 4.57 Å². The Bertz CT molecular complexity index is 1430. The minimum absolute atomic E-state index is 0.0831. The highest BCUT2D eigenvalue weighted by Crippen LogP contribution is 2.28. The van der Waals surface area contributed by atoms with Crippen LogP contribution in [0.4, 0.5) is 10.1 Å². The van der Waals surface area contributed by atoms with Crippen molar-refractivity contribution in [3.8, 4) is 11.1 Å². The molecule has 32 heavy (non-hydrogen) atoms. The highest BCUT2D eigenvalue weighted by molar-refractivity contribution is 7.92. The zero-order valence-corrected chi connectivity index (χ0v) is 18.1. The van der Waals surface area contributed by atoms with Crippen LogP contribution in [0.5, 0.6) is 0 Å². The van der Waals surface area contributed by atoms with Gasteiger partial charge >= 0.3 is 0 Å². The molecule has 0 radical (unpaired) electrons. The van der Waals surface area contributed by atoms with Crippen molar-refractivity contribution in [3.63, 3.8) is 0 Å². The van der Waals surface area contributed by atoms with Gasteiger partial charge in [0.15, 0.2) is 20.3 Å². The number of rotatable bonds is 6. The number of sulfone groups is 1. The number of carbonyl (C=O) groups excluding carboxylic acids is 1. The van der Waals surface area contributed by atoms with Crippen LogP contribution >= 0.6 is 0 Å². The van der Waals surface area contributed by atoms with Crippen LogP contribution < -0.4 is 11.0 Å². The summed E-state index contributed by atoms with van der Waals surface area (Å²) in [6.07, 6.45) is 2.11. The summed E-state index contributed by atoms with van der Waals surface area (Å²) >= 11 is 0. The predicted octanol–water partition coefficient (Wildman–Crippen LogP) is 3.06. The molecular weight excluding hydrogens is 437 g/mol. The van der Waals surface area contributed by atoms with Crippen LogP contribution in [-0.4, -0.2) is 35.1 Å². The molecule has 0 spiro atoms. The second kappa shape index (κ2) is 8.53. The molecular formula is C22H20FN3O5S. The molecule has 1 amide bonds. The molecule has 3 aromatic rings. The van der Waals surface area contributed by atoms with Crippen molar-refractivity contribution < 1.29 is 22.8 Å². The molecule has 8 nitrogen and oxygen atoms in total. The molecule has 0 bridgehead atoms. The number of hydrogen-bond donors (Lipinski definition) is 2. The van der Waals surface area contributed by atoms with Gasteiger partial charge in [-0.3, -0.25) is 14.8 Å². The Morgan fingerprint density at radius 3 is 2.56 bits per heavy atom. The maximum atomic E-state index is 14.4. The van der Waals surface area contributed by atoms with Gasteiger partial charge in [0.1, 0.15) is 5.82 Å². The Morgan fingerprint density at radius 2 is 1.97 bits per heavy atom. The molecule has 0 aliphatic heterocycles. The lowest BCUT2D eigenvalue weighted by molar-refractivity contribution is -0.131. The van der Waals surface area contributed by atoms with Crippen LogP contribution in [0.25, 0.3) is 26.7 Å². The number of nitrogens with zero attached hydrogens (tertiary/aromatic N) is 2. The lowest BCUT2D eigenvalue weighted by Gasteiger charge is -2.25. The van der Waals surface area contributed by atoms with E-state index in [1.54, 1.807) is 24.3 Å². The first kappa shape index (κ1) is 23.1. The summed E-state index contributed by atoms with van der Waals surface area (Å²) < 4.78 is 37.9. The van der Waals surface area contributed by atoms with Crippen molar-refractivity contribution in [2.45, 2.75) is 24.6 Å². The number of hydrogen-bond acceptors (Lipinski definition) is 5. The van der Waals surface area contributed by atoms with E-state index in [0.29, 0.717) is 21.9 Å². The first-order valence-electron chi connectivity index (χ1n) is 9.46. The van der Waals surface area contributed by atoms with Gasteiger partial charge in [-0.15, -0.1) is 0 Å². The van der Waals surface area contributed by atoms with E-state index in [9.17, 15) is 22.4 Å². The topological polar surface area (TPSA) is 110 Å². The Hall–Kier alpha value is -3.55. The highest BCUT2D eigenvalue weighted by atomic mass is 32.2. The molecule has 0 aliphatic rings. The lowest BCUT2D eigenvalue weighted by atomic mass is 10.0. The van der Waals surface area contributed by atoms with Crippen molar-refractivity contribution >= 4 is 32.2 Å². The van der Waals surface area contributed by atoms with Crippen molar-refractivity contribution in [1.29, 1.82) is 0 Å². The fourth-order valence-corrected chi connectivity index (χ4v) is 4.20. The van der Waals surface area contributed by atoms with E-state index in [1.807, 2.05) is 0 Å². The zero-order chi connectivity index (χ0) is 23.7. The molecule has 0 fully saturated rings. The number of amides is 1. The molecule has 10 heteroatoms. The van der Waals surface area contributed by atoms with Gasteiger partial charge in [-0.05, 0) is 48.6 Å². The van der Waals surface area contributed by atoms with Gasteiger partial charge in [0.2, 0.25) is 0 Å². The third kappa shape index (κ3) is 4.12. The molecule has 2 N–H and O–H groups in total. The third-order valence-corrected chi connectivity index (χ3v) is 7.63. The normalized spacial score (nSPS) is 13.3. The van der Waals surface area contributed by atoms with Crippen molar-refractivity contribution in [3.05, 3.63) is 76.2 Å². The fourth-order valence-electron chi connectivity index (χ4n) is 3.36. The molecule has 1 atom stereocenters. The zero-order valence-electron chi connectivity index (χ0n) is 17.3. The maximum absolute atomic E-state index is 14.4. The minimum Gasteiger partial charge on any atom is -0.315 e. The van der Waals surface area contributed by atoms with Crippen molar-refractivity contribution in [2.75, 3.05) is 6.26 Å². The summed E-state index contributed by atoms with van der Waals surface area (Å²) in [5.74, 6) is -1.63. The van der Waals surface area contributed by atoms with Gasteiger partial charge in [-0.1, -0.05) is 18.2 Å². The number of aromatic nitrogens is 1. The van der Waals surface area contributed by atoms with Crippen LogP contribution in [0.3, 0.4) is 0 Å². The largest absolute Gasteiger partial charge is 0.315 e. The number of hydroxylamine groups is 1. The SMILES string of the molecule is [C-]#[N+]c1ccc(-c2ccc3c(=O)n(CC[C@](C)(C(=O)NO)S(C)(=O)=O)ccc3c2)c(F)c1. The molecule has 1 aromatic heterocycles. The van der Waals surface area contributed by atoms with E-state index < -0.39 is 31.9 Å². The maximum Gasteiger partial charge on any atom is 0.264 e. The van der Waals surface area contributed by atoms with E-state index in [4.69, 9.17) is 11.8 Å². The van der Waals surface area contributed by atoms with E-state index in [0.717, 1.165) is 12.3 Å². The van der Waals surface area contributed by atoms with Crippen LogP contribution in [0.1, 0.15) is 13.3 Å². The van der Waals surface area contributed by atoms with E-state index in [2.05, 4.69) is 4.85 Å². The summed E-state index contributed by atoms with van der Waals surface area (Å²) in [5.41, 5.74) is 1.98. The Balaban J connectivity index is 1.97.